The first-order valence-corrected chi connectivity index (χ1v) is 7.83. The van der Waals surface area contributed by atoms with Crippen LogP contribution in [-0.4, -0.2) is 36.4 Å². The average molecular weight is 307 g/mol. The Kier molecular flexibility index (Phi) is 4.51. The number of hydrogen-bond acceptors (Lipinski definition) is 5. The van der Waals surface area contributed by atoms with E-state index >= 15 is 0 Å². The molecule has 0 fully saturated rings. The molecule has 1 N–H and O–H groups in total. The van der Waals surface area contributed by atoms with Crippen LogP contribution in [0.3, 0.4) is 0 Å². The number of nitrogens with zero attached hydrogens (tertiary/aromatic N) is 4. The molecule has 7 heteroatoms. The van der Waals surface area contributed by atoms with E-state index in [0.29, 0.717) is 0 Å². The van der Waals surface area contributed by atoms with Crippen molar-refractivity contribution in [3.05, 3.63) is 12.5 Å². The van der Waals surface area contributed by atoms with Crippen LogP contribution in [0.5, 0.6) is 0 Å². The van der Waals surface area contributed by atoms with Gasteiger partial charge in [-0.2, -0.15) is 5.10 Å². The minimum absolute atomic E-state index is 0.0162. The van der Waals surface area contributed by atoms with E-state index in [1.807, 2.05) is 27.8 Å². The predicted octanol–water partition coefficient (Wildman–Crippen LogP) is 2.15. The average Bonchev–Trinajstić information content (AvgIpc) is 2.81. The summed E-state index contributed by atoms with van der Waals surface area (Å²) in [6, 6.07) is 0. The quantitative estimate of drug-likeness (QED) is 0.677. The fourth-order valence-electron chi connectivity index (χ4n) is 1.78. The van der Waals surface area contributed by atoms with E-state index in [4.69, 9.17) is 0 Å². The third-order valence-corrected chi connectivity index (χ3v) is 4.61. The van der Waals surface area contributed by atoms with Gasteiger partial charge in [-0.25, -0.2) is 9.97 Å². The zero-order valence-corrected chi connectivity index (χ0v) is 13.9. The van der Waals surface area contributed by atoms with Crippen molar-refractivity contribution in [3.63, 3.8) is 0 Å². The largest absolute Gasteiger partial charge is 0.350 e. The maximum Gasteiger partial charge on any atom is 0.233 e. The van der Waals surface area contributed by atoms with E-state index in [2.05, 4.69) is 27.3 Å². The topological polar surface area (TPSA) is 72.7 Å². The molecule has 0 aliphatic carbocycles. The Labute approximate surface area is 128 Å². The van der Waals surface area contributed by atoms with Crippen molar-refractivity contribution in [1.82, 2.24) is 25.1 Å². The highest BCUT2D eigenvalue weighted by atomic mass is 32.2. The van der Waals surface area contributed by atoms with Crippen molar-refractivity contribution >= 4 is 28.7 Å². The summed E-state index contributed by atoms with van der Waals surface area (Å²) < 4.78 is 1.70. The van der Waals surface area contributed by atoms with Gasteiger partial charge in [-0.05, 0) is 27.2 Å². The summed E-state index contributed by atoms with van der Waals surface area (Å²) in [6.45, 7) is 7.98. The maximum atomic E-state index is 12.3. The standard InChI is InChI=1S/C14H21N5OS/c1-6-14(3,4)18-12(20)9(2)21-13-10-7-17-19(5)11(10)15-8-16-13/h7-9H,6H2,1-5H3,(H,18,20). The summed E-state index contributed by atoms with van der Waals surface area (Å²) in [5, 5.41) is 8.67. The molecule has 0 aromatic carbocycles. The van der Waals surface area contributed by atoms with Crippen LogP contribution < -0.4 is 5.32 Å². The number of amides is 1. The molecule has 1 unspecified atom stereocenters. The molecule has 0 aliphatic rings. The maximum absolute atomic E-state index is 12.3. The van der Waals surface area contributed by atoms with E-state index in [9.17, 15) is 4.79 Å². The Morgan fingerprint density at radius 3 is 2.86 bits per heavy atom. The Balaban J connectivity index is 2.15. The van der Waals surface area contributed by atoms with E-state index < -0.39 is 0 Å². The molecule has 6 nitrogen and oxygen atoms in total. The lowest BCUT2D eigenvalue weighted by molar-refractivity contribution is -0.121. The van der Waals surface area contributed by atoms with Gasteiger partial charge in [0.25, 0.3) is 0 Å². The molecule has 2 heterocycles. The minimum atomic E-state index is -0.228. The fourth-order valence-corrected chi connectivity index (χ4v) is 2.66. The van der Waals surface area contributed by atoms with Gasteiger partial charge in [-0.1, -0.05) is 18.7 Å². The van der Waals surface area contributed by atoms with Crippen LogP contribution in [0.15, 0.2) is 17.6 Å². The van der Waals surface area contributed by atoms with Gasteiger partial charge >= 0.3 is 0 Å². The van der Waals surface area contributed by atoms with Crippen LogP contribution in [0, 0.1) is 0 Å². The highest BCUT2D eigenvalue weighted by molar-refractivity contribution is 8.00. The van der Waals surface area contributed by atoms with Gasteiger partial charge in [-0.15, -0.1) is 0 Å². The molecule has 2 rings (SSSR count). The molecular weight excluding hydrogens is 286 g/mol. The third kappa shape index (κ3) is 3.53. The molecule has 1 amide bonds. The molecule has 1 atom stereocenters. The summed E-state index contributed by atoms with van der Waals surface area (Å²) in [5.41, 5.74) is 0.579. The van der Waals surface area contributed by atoms with Gasteiger partial charge in [0.05, 0.1) is 16.8 Å². The van der Waals surface area contributed by atoms with Crippen molar-refractivity contribution in [3.8, 4) is 0 Å². The van der Waals surface area contributed by atoms with Crippen molar-refractivity contribution < 1.29 is 4.79 Å². The number of nitrogens with one attached hydrogen (secondary N) is 1. The van der Waals surface area contributed by atoms with Gasteiger partial charge in [0, 0.05) is 12.6 Å². The molecule has 114 valence electrons. The van der Waals surface area contributed by atoms with Gasteiger partial charge in [0.1, 0.15) is 11.4 Å². The predicted molar refractivity (Wildman–Crippen MR) is 84.1 cm³/mol. The third-order valence-electron chi connectivity index (χ3n) is 3.50. The van der Waals surface area contributed by atoms with E-state index in [1.54, 1.807) is 10.9 Å². The van der Waals surface area contributed by atoms with Crippen molar-refractivity contribution in [1.29, 1.82) is 0 Å². The molecule has 0 saturated heterocycles. The molecule has 0 spiro atoms. The molecule has 2 aromatic heterocycles. The molecule has 21 heavy (non-hydrogen) atoms. The first-order chi connectivity index (χ1) is 9.84. The number of rotatable bonds is 5. The monoisotopic (exact) mass is 307 g/mol. The molecule has 0 saturated carbocycles. The highest BCUT2D eigenvalue weighted by Gasteiger charge is 2.23. The van der Waals surface area contributed by atoms with Gasteiger partial charge < -0.3 is 5.32 Å². The SMILES string of the molecule is CCC(C)(C)NC(=O)C(C)Sc1ncnc2c1cnn2C. The lowest BCUT2D eigenvalue weighted by Gasteiger charge is -2.26. The van der Waals surface area contributed by atoms with Crippen LogP contribution in [0.2, 0.25) is 0 Å². The minimum Gasteiger partial charge on any atom is -0.350 e. The molecule has 0 radical (unpaired) electrons. The molecule has 2 aromatic rings. The second-order valence-corrected chi connectivity index (χ2v) is 7.00. The number of hydrogen-bond donors (Lipinski definition) is 1. The Bertz CT molecular complexity index is 652. The first kappa shape index (κ1) is 15.8. The molecule has 0 aliphatic heterocycles. The number of aryl methyl sites for hydroxylation is 1. The smallest absolute Gasteiger partial charge is 0.233 e. The summed E-state index contributed by atoms with van der Waals surface area (Å²) >= 11 is 1.43. The Morgan fingerprint density at radius 1 is 1.48 bits per heavy atom. The lowest BCUT2D eigenvalue weighted by Crippen LogP contribution is -2.46. The number of fused-ring (bicyclic) bond motifs is 1. The van der Waals surface area contributed by atoms with Crippen molar-refractivity contribution in [2.75, 3.05) is 0 Å². The van der Waals surface area contributed by atoms with Crippen LogP contribution in [0.4, 0.5) is 0 Å². The van der Waals surface area contributed by atoms with E-state index in [0.717, 1.165) is 22.5 Å². The molecule has 0 bridgehead atoms. The highest BCUT2D eigenvalue weighted by Crippen LogP contribution is 2.27. The van der Waals surface area contributed by atoms with Gasteiger partial charge in [-0.3, -0.25) is 9.48 Å². The second kappa shape index (κ2) is 6.01. The van der Waals surface area contributed by atoms with Crippen LogP contribution in [-0.2, 0) is 11.8 Å². The normalized spacial score (nSPS) is 13.4. The number of aromatic nitrogens is 4. The van der Waals surface area contributed by atoms with E-state index in [1.165, 1.54) is 18.1 Å². The van der Waals surface area contributed by atoms with Crippen molar-refractivity contribution in [2.24, 2.45) is 7.05 Å². The van der Waals surface area contributed by atoms with Gasteiger partial charge in [0.15, 0.2) is 5.65 Å². The Hall–Kier alpha value is -1.63. The zero-order chi connectivity index (χ0) is 15.6. The zero-order valence-electron chi connectivity index (χ0n) is 13.0. The summed E-state index contributed by atoms with van der Waals surface area (Å²) in [4.78, 5) is 20.7. The van der Waals surface area contributed by atoms with E-state index in [-0.39, 0.29) is 16.7 Å². The number of carbonyl (C=O) groups excluding carboxylic acids is 1. The second-order valence-electron chi connectivity index (χ2n) is 5.67. The summed E-state index contributed by atoms with van der Waals surface area (Å²) in [5.74, 6) is 0.0162. The summed E-state index contributed by atoms with van der Waals surface area (Å²) in [7, 11) is 1.84. The summed E-state index contributed by atoms with van der Waals surface area (Å²) in [6.07, 6.45) is 4.13. The van der Waals surface area contributed by atoms with Gasteiger partial charge in [0.2, 0.25) is 5.91 Å². The number of thioether (sulfide) groups is 1. The van der Waals surface area contributed by atoms with Crippen molar-refractivity contribution in [2.45, 2.75) is 49.9 Å². The fraction of sp³-hybridized carbons (Fsp3) is 0.571. The molecular formula is C14H21N5OS. The van der Waals surface area contributed by atoms with Crippen LogP contribution in [0.1, 0.15) is 34.1 Å². The number of carbonyl (C=O) groups is 1. The first-order valence-electron chi connectivity index (χ1n) is 6.95. The van der Waals surface area contributed by atoms with Crippen LogP contribution in [0.25, 0.3) is 11.0 Å². The van der Waals surface area contributed by atoms with Crippen LogP contribution >= 0.6 is 11.8 Å². The Morgan fingerprint density at radius 2 is 2.19 bits per heavy atom. The lowest BCUT2D eigenvalue weighted by atomic mass is 10.0.